The van der Waals surface area contributed by atoms with Crippen molar-refractivity contribution in [3.05, 3.63) is 53.2 Å². The first-order valence-corrected chi connectivity index (χ1v) is 4.88. The normalized spacial score (nSPS) is 13.9. The number of hydrogen-bond donors (Lipinski definition) is 2. The van der Waals surface area contributed by atoms with Gasteiger partial charge < -0.3 is 11.5 Å². The molecular formula is C12H13F3N2. The van der Waals surface area contributed by atoms with Crippen LogP contribution in [-0.2, 0) is 6.18 Å². The van der Waals surface area contributed by atoms with Crippen molar-refractivity contribution >= 4 is 5.70 Å². The molecule has 0 heterocycles. The van der Waals surface area contributed by atoms with Crippen molar-refractivity contribution < 1.29 is 13.2 Å². The first kappa shape index (κ1) is 13.2. The summed E-state index contributed by atoms with van der Waals surface area (Å²) in [7, 11) is 0. The summed E-state index contributed by atoms with van der Waals surface area (Å²) >= 11 is 0. The average molecular weight is 242 g/mol. The number of nitrogens with two attached hydrogens (primary N) is 2. The van der Waals surface area contributed by atoms with Gasteiger partial charge in [-0.2, -0.15) is 13.2 Å². The van der Waals surface area contributed by atoms with Crippen molar-refractivity contribution in [2.75, 3.05) is 0 Å². The summed E-state index contributed by atoms with van der Waals surface area (Å²) in [6.45, 7) is 1.69. The summed E-state index contributed by atoms with van der Waals surface area (Å²) in [6.07, 6.45) is -1.18. The zero-order valence-electron chi connectivity index (χ0n) is 9.25. The van der Waals surface area contributed by atoms with Gasteiger partial charge in [-0.25, -0.2) is 0 Å². The smallest absolute Gasteiger partial charge is 0.402 e. The fourth-order valence-corrected chi connectivity index (χ4v) is 1.17. The zero-order chi connectivity index (χ0) is 13.1. The summed E-state index contributed by atoms with van der Waals surface area (Å²) in [5.41, 5.74) is 11.9. The third kappa shape index (κ3) is 3.86. The second kappa shape index (κ2) is 4.95. The predicted molar refractivity (Wildman–Crippen MR) is 61.6 cm³/mol. The van der Waals surface area contributed by atoms with Gasteiger partial charge in [0.2, 0.25) is 0 Å². The zero-order valence-corrected chi connectivity index (χ0v) is 9.25. The predicted octanol–water partition coefficient (Wildman–Crippen LogP) is 2.87. The molecule has 1 aromatic carbocycles. The van der Waals surface area contributed by atoms with Crippen LogP contribution >= 0.6 is 0 Å². The molecule has 0 amide bonds. The molecule has 92 valence electrons. The minimum Gasteiger partial charge on any atom is -0.402 e. The SMILES string of the molecule is C/C(N)=C/C=C(\N)c1ccc(C(F)(F)F)cc1. The van der Waals surface area contributed by atoms with Crippen LogP contribution < -0.4 is 11.5 Å². The van der Waals surface area contributed by atoms with Gasteiger partial charge in [0, 0.05) is 11.4 Å². The first-order chi connectivity index (χ1) is 7.80. The van der Waals surface area contributed by atoms with E-state index in [1.165, 1.54) is 12.1 Å². The van der Waals surface area contributed by atoms with Gasteiger partial charge in [-0.1, -0.05) is 12.1 Å². The Morgan fingerprint density at radius 2 is 1.59 bits per heavy atom. The lowest BCUT2D eigenvalue weighted by atomic mass is 10.1. The van der Waals surface area contributed by atoms with Gasteiger partial charge in [0.05, 0.1) is 5.56 Å². The van der Waals surface area contributed by atoms with E-state index < -0.39 is 11.7 Å². The molecule has 0 aliphatic carbocycles. The fourth-order valence-electron chi connectivity index (χ4n) is 1.17. The van der Waals surface area contributed by atoms with Crippen LogP contribution in [0.3, 0.4) is 0 Å². The molecule has 0 atom stereocenters. The lowest BCUT2D eigenvalue weighted by Gasteiger charge is -2.07. The number of halogens is 3. The molecule has 1 aromatic rings. The Hall–Kier alpha value is -1.91. The number of rotatable bonds is 2. The van der Waals surface area contributed by atoms with E-state index in [9.17, 15) is 13.2 Å². The molecule has 0 fully saturated rings. The molecule has 0 aromatic heterocycles. The van der Waals surface area contributed by atoms with Gasteiger partial charge in [-0.3, -0.25) is 0 Å². The Labute approximate surface area is 97.4 Å². The van der Waals surface area contributed by atoms with Gasteiger partial charge in [0.15, 0.2) is 0 Å². The van der Waals surface area contributed by atoms with Crippen molar-refractivity contribution in [1.29, 1.82) is 0 Å². The summed E-state index contributed by atoms with van der Waals surface area (Å²) in [5, 5.41) is 0. The van der Waals surface area contributed by atoms with Crippen LogP contribution in [0.25, 0.3) is 5.70 Å². The third-order valence-electron chi connectivity index (χ3n) is 2.07. The monoisotopic (exact) mass is 242 g/mol. The van der Waals surface area contributed by atoms with Crippen molar-refractivity contribution in [2.45, 2.75) is 13.1 Å². The molecule has 4 N–H and O–H groups in total. The highest BCUT2D eigenvalue weighted by atomic mass is 19.4. The van der Waals surface area contributed by atoms with E-state index >= 15 is 0 Å². The third-order valence-corrected chi connectivity index (χ3v) is 2.07. The molecular weight excluding hydrogens is 229 g/mol. The number of benzene rings is 1. The number of allylic oxidation sites excluding steroid dienone is 3. The van der Waals surface area contributed by atoms with Gasteiger partial charge >= 0.3 is 6.18 Å². The van der Waals surface area contributed by atoms with E-state index in [0.29, 0.717) is 17.0 Å². The molecule has 0 unspecified atom stereocenters. The van der Waals surface area contributed by atoms with Crippen LogP contribution in [0.1, 0.15) is 18.1 Å². The Kier molecular flexibility index (Phi) is 3.83. The summed E-state index contributed by atoms with van der Waals surface area (Å²) in [6, 6.07) is 4.65. The van der Waals surface area contributed by atoms with Crippen molar-refractivity contribution in [3.63, 3.8) is 0 Å². The minimum atomic E-state index is -4.33. The van der Waals surface area contributed by atoms with E-state index in [0.717, 1.165) is 12.1 Å². The molecule has 0 aliphatic heterocycles. The second-order valence-electron chi connectivity index (χ2n) is 3.61. The molecule has 0 radical (unpaired) electrons. The highest BCUT2D eigenvalue weighted by Crippen LogP contribution is 2.29. The van der Waals surface area contributed by atoms with Crippen LogP contribution in [-0.4, -0.2) is 0 Å². The molecule has 0 bridgehead atoms. The number of hydrogen-bond acceptors (Lipinski definition) is 2. The molecule has 1 rings (SSSR count). The highest BCUT2D eigenvalue weighted by molar-refractivity contribution is 5.64. The molecule has 0 saturated carbocycles. The maximum atomic E-state index is 12.3. The van der Waals surface area contributed by atoms with Gasteiger partial charge in [-0.15, -0.1) is 0 Å². The average Bonchev–Trinajstić information content (AvgIpc) is 2.25. The van der Waals surface area contributed by atoms with Crippen molar-refractivity contribution in [3.8, 4) is 0 Å². The second-order valence-corrected chi connectivity index (χ2v) is 3.61. The first-order valence-electron chi connectivity index (χ1n) is 4.88. The van der Waals surface area contributed by atoms with E-state index in [-0.39, 0.29) is 0 Å². The Morgan fingerprint density at radius 1 is 1.06 bits per heavy atom. The quantitative estimate of drug-likeness (QED) is 0.783. The van der Waals surface area contributed by atoms with E-state index in [2.05, 4.69) is 0 Å². The Morgan fingerprint density at radius 3 is 2.00 bits per heavy atom. The maximum Gasteiger partial charge on any atom is 0.416 e. The minimum absolute atomic E-state index is 0.364. The maximum absolute atomic E-state index is 12.3. The summed E-state index contributed by atoms with van der Waals surface area (Å²) in [5.74, 6) is 0. The van der Waals surface area contributed by atoms with E-state index in [1.807, 2.05) is 0 Å². The largest absolute Gasteiger partial charge is 0.416 e. The van der Waals surface area contributed by atoms with Crippen LogP contribution in [0.15, 0.2) is 42.1 Å². The topological polar surface area (TPSA) is 52.0 Å². The van der Waals surface area contributed by atoms with Crippen LogP contribution in [0.4, 0.5) is 13.2 Å². The van der Waals surface area contributed by atoms with Crippen LogP contribution in [0.5, 0.6) is 0 Å². The molecule has 0 spiro atoms. The molecule has 2 nitrogen and oxygen atoms in total. The van der Waals surface area contributed by atoms with Crippen molar-refractivity contribution in [1.82, 2.24) is 0 Å². The summed E-state index contributed by atoms with van der Waals surface area (Å²) < 4.78 is 36.9. The van der Waals surface area contributed by atoms with Crippen LogP contribution in [0.2, 0.25) is 0 Å². The fraction of sp³-hybridized carbons (Fsp3) is 0.167. The Bertz CT molecular complexity index is 438. The Balaban J connectivity index is 2.96. The standard InChI is InChI=1S/C12H13F3N2/c1-8(16)2-7-11(17)9-3-5-10(6-4-9)12(13,14)15/h2-7H,16-17H2,1H3/b8-2-,11-7-. The van der Waals surface area contributed by atoms with Crippen molar-refractivity contribution in [2.24, 2.45) is 11.5 Å². The molecule has 0 aliphatic rings. The highest BCUT2D eigenvalue weighted by Gasteiger charge is 2.29. The van der Waals surface area contributed by atoms with E-state index in [1.54, 1.807) is 19.1 Å². The van der Waals surface area contributed by atoms with Gasteiger partial charge in [0.1, 0.15) is 0 Å². The summed E-state index contributed by atoms with van der Waals surface area (Å²) in [4.78, 5) is 0. The lowest BCUT2D eigenvalue weighted by Crippen LogP contribution is -2.05. The van der Waals surface area contributed by atoms with Gasteiger partial charge in [0.25, 0.3) is 0 Å². The lowest BCUT2D eigenvalue weighted by molar-refractivity contribution is -0.137. The van der Waals surface area contributed by atoms with Gasteiger partial charge in [-0.05, 0) is 36.8 Å². The van der Waals surface area contributed by atoms with Crippen LogP contribution in [0, 0.1) is 0 Å². The van der Waals surface area contributed by atoms with E-state index in [4.69, 9.17) is 11.5 Å². The number of alkyl halides is 3. The molecule has 17 heavy (non-hydrogen) atoms. The molecule has 5 heteroatoms. The molecule has 0 saturated heterocycles.